The number of hydrogen-bond donors (Lipinski definition) is 0. The fourth-order valence-corrected chi connectivity index (χ4v) is 1.48. The first kappa shape index (κ1) is 16.0. The highest BCUT2D eigenvalue weighted by molar-refractivity contribution is 5.96. The molecule has 0 saturated carbocycles. The lowest BCUT2D eigenvalue weighted by Gasteiger charge is -2.11. The van der Waals surface area contributed by atoms with E-state index in [1.54, 1.807) is 25.1 Å². The molecule has 0 aliphatic heterocycles. The lowest BCUT2D eigenvalue weighted by atomic mass is 10.3. The van der Waals surface area contributed by atoms with Crippen LogP contribution in [0, 0.1) is 0 Å². The molecule has 5 heteroatoms. The van der Waals surface area contributed by atoms with Gasteiger partial charge in [-0.05, 0) is 25.5 Å². The van der Waals surface area contributed by atoms with Gasteiger partial charge in [-0.25, -0.2) is 0 Å². The number of carbonyl (C=O) groups excluding carboxylic acids is 2. The number of ketones is 1. The SMILES string of the molecule is CCCOc1ccccc1OCC(=O)CC(=O)OCC. The van der Waals surface area contributed by atoms with Crippen molar-refractivity contribution >= 4 is 11.8 Å². The minimum absolute atomic E-state index is 0.175. The van der Waals surface area contributed by atoms with Crippen molar-refractivity contribution in [3.8, 4) is 11.5 Å². The van der Waals surface area contributed by atoms with Gasteiger partial charge < -0.3 is 14.2 Å². The Morgan fingerprint density at radius 3 is 2.30 bits per heavy atom. The summed E-state index contributed by atoms with van der Waals surface area (Å²) in [6.45, 7) is 4.37. The molecule has 1 aromatic rings. The quantitative estimate of drug-likeness (QED) is 0.513. The second-order valence-corrected chi connectivity index (χ2v) is 4.10. The largest absolute Gasteiger partial charge is 0.490 e. The Labute approximate surface area is 118 Å². The molecule has 0 radical (unpaired) electrons. The van der Waals surface area contributed by atoms with Gasteiger partial charge in [0.1, 0.15) is 13.0 Å². The van der Waals surface area contributed by atoms with Crippen LogP contribution in [-0.4, -0.2) is 31.6 Å². The highest BCUT2D eigenvalue weighted by atomic mass is 16.5. The highest BCUT2D eigenvalue weighted by Gasteiger charge is 2.12. The number of para-hydroxylation sites is 2. The van der Waals surface area contributed by atoms with Crippen molar-refractivity contribution in [3.05, 3.63) is 24.3 Å². The Morgan fingerprint density at radius 2 is 1.70 bits per heavy atom. The van der Waals surface area contributed by atoms with Gasteiger partial charge in [-0.15, -0.1) is 0 Å². The normalized spacial score (nSPS) is 9.90. The zero-order chi connectivity index (χ0) is 14.8. The number of hydrogen-bond acceptors (Lipinski definition) is 5. The van der Waals surface area contributed by atoms with E-state index in [4.69, 9.17) is 14.2 Å². The minimum atomic E-state index is -0.531. The van der Waals surface area contributed by atoms with Gasteiger partial charge in [0.25, 0.3) is 0 Å². The summed E-state index contributed by atoms with van der Waals surface area (Å²) < 4.78 is 15.6. The summed E-state index contributed by atoms with van der Waals surface area (Å²) in [6, 6.07) is 7.13. The fourth-order valence-electron chi connectivity index (χ4n) is 1.48. The van der Waals surface area contributed by atoms with Crippen molar-refractivity contribution in [1.82, 2.24) is 0 Å². The molecule has 0 fully saturated rings. The Kier molecular flexibility index (Phi) is 7.17. The summed E-state index contributed by atoms with van der Waals surface area (Å²) in [5.41, 5.74) is 0. The molecule has 5 nitrogen and oxygen atoms in total. The third-order valence-electron chi connectivity index (χ3n) is 2.35. The number of carbonyl (C=O) groups is 2. The van der Waals surface area contributed by atoms with E-state index in [9.17, 15) is 9.59 Å². The summed E-state index contributed by atoms with van der Waals surface area (Å²) >= 11 is 0. The van der Waals surface area contributed by atoms with Crippen LogP contribution >= 0.6 is 0 Å². The topological polar surface area (TPSA) is 61.8 Å². The molecule has 0 aliphatic rings. The lowest BCUT2D eigenvalue weighted by molar-refractivity contribution is -0.145. The predicted molar refractivity (Wildman–Crippen MR) is 74.0 cm³/mol. The summed E-state index contributed by atoms with van der Waals surface area (Å²) in [5, 5.41) is 0. The molecule has 1 rings (SSSR count). The first-order valence-corrected chi connectivity index (χ1v) is 6.69. The van der Waals surface area contributed by atoms with E-state index in [0.717, 1.165) is 6.42 Å². The molecule has 0 spiro atoms. The van der Waals surface area contributed by atoms with Crippen LogP contribution in [0.15, 0.2) is 24.3 Å². The van der Waals surface area contributed by atoms with E-state index < -0.39 is 5.97 Å². The van der Waals surface area contributed by atoms with Gasteiger partial charge in [0.2, 0.25) is 0 Å². The van der Waals surface area contributed by atoms with Crippen LogP contribution in [0.3, 0.4) is 0 Å². The van der Waals surface area contributed by atoms with Gasteiger partial charge in [0.05, 0.1) is 13.2 Å². The molecule has 0 bridgehead atoms. The Morgan fingerprint density at radius 1 is 1.05 bits per heavy atom. The molecule has 1 aromatic carbocycles. The summed E-state index contributed by atoms with van der Waals surface area (Å²) in [7, 11) is 0. The summed E-state index contributed by atoms with van der Waals surface area (Å²) in [4.78, 5) is 22.7. The average Bonchev–Trinajstić information content (AvgIpc) is 2.44. The van der Waals surface area contributed by atoms with Gasteiger partial charge in [-0.2, -0.15) is 0 Å². The van der Waals surface area contributed by atoms with Crippen LogP contribution in [0.5, 0.6) is 11.5 Å². The molecule has 0 aromatic heterocycles. The van der Waals surface area contributed by atoms with Crippen molar-refractivity contribution in [1.29, 1.82) is 0 Å². The first-order chi connectivity index (χ1) is 9.67. The van der Waals surface area contributed by atoms with Gasteiger partial charge in [0, 0.05) is 0 Å². The number of esters is 1. The summed E-state index contributed by atoms with van der Waals surface area (Å²) in [6.07, 6.45) is 0.613. The van der Waals surface area contributed by atoms with Crippen LogP contribution in [0.4, 0.5) is 0 Å². The predicted octanol–water partition coefficient (Wildman–Crippen LogP) is 2.38. The van der Waals surface area contributed by atoms with Gasteiger partial charge >= 0.3 is 5.97 Å². The van der Waals surface area contributed by atoms with Gasteiger partial charge in [-0.1, -0.05) is 19.1 Å². The van der Waals surface area contributed by atoms with E-state index in [-0.39, 0.29) is 25.4 Å². The van der Waals surface area contributed by atoms with Crippen LogP contribution in [-0.2, 0) is 14.3 Å². The zero-order valence-corrected chi connectivity index (χ0v) is 11.9. The maximum absolute atomic E-state index is 11.6. The molecular formula is C15H20O5. The Balaban J connectivity index is 2.48. The highest BCUT2D eigenvalue weighted by Crippen LogP contribution is 2.26. The molecule has 0 aliphatic carbocycles. The van der Waals surface area contributed by atoms with Crippen molar-refractivity contribution in [2.75, 3.05) is 19.8 Å². The molecule has 20 heavy (non-hydrogen) atoms. The zero-order valence-electron chi connectivity index (χ0n) is 11.9. The maximum atomic E-state index is 11.6. The Bertz CT molecular complexity index is 442. The number of Topliss-reactive ketones (excluding diaryl/α,β-unsaturated/α-hetero) is 1. The molecule has 110 valence electrons. The molecule has 0 unspecified atom stereocenters. The standard InChI is InChI=1S/C15H20O5/c1-3-9-19-13-7-5-6-8-14(13)20-11-12(16)10-15(17)18-4-2/h5-8H,3-4,9-11H2,1-2H3. The van der Waals surface area contributed by atoms with Crippen LogP contribution in [0.2, 0.25) is 0 Å². The minimum Gasteiger partial charge on any atom is -0.490 e. The second kappa shape index (κ2) is 8.96. The van der Waals surface area contributed by atoms with Gasteiger partial charge in [-0.3, -0.25) is 9.59 Å². The van der Waals surface area contributed by atoms with Crippen molar-refractivity contribution in [2.45, 2.75) is 26.7 Å². The van der Waals surface area contributed by atoms with Crippen molar-refractivity contribution in [3.63, 3.8) is 0 Å². The molecule has 0 heterocycles. The van der Waals surface area contributed by atoms with Crippen molar-refractivity contribution < 1.29 is 23.8 Å². The van der Waals surface area contributed by atoms with E-state index in [1.165, 1.54) is 0 Å². The third kappa shape index (κ3) is 5.73. The third-order valence-corrected chi connectivity index (χ3v) is 2.35. The van der Waals surface area contributed by atoms with Crippen LogP contribution in [0.1, 0.15) is 26.7 Å². The van der Waals surface area contributed by atoms with E-state index in [2.05, 4.69) is 0 Å². The number of ether oxygens (including phenoxy) is 3. The van der Waals surface area contributed by atoms with E-state index in [1.807, 2.05) is 13.0 Å². The monoisotopic (exact) mass is 280 g/mol. The smallest absolute Gasteiger partial charge is 0.313 e. The lowest BCUT2D eigenvalue weighted by Crippen LogP contribution is -2.17. The molecule has 0 amide bonds. The average molecular weight is 280 g/mol. The van der Waals surface area contributed by atoms with Crippen LogP contribution < -0.4 is 9.47 Å². The second-order valence-electron chi connectivity index (χ2n) is 4.10. The number of benzene rings is 1. The number of rotatable bonds is 9. The van der Waals surface area contributed by atoms with Crippen molar-refractivity contribution in [2.24, 2.45) is 0 Å². The fraction of sp³-hybridized carbons (Fsp3) is 0.467. The van der Waals surface area contributed by atoms with Crippen LogP contribution in [0.25, 0.3) is 0 Å². The maximum Gasteiger partial charge on any atom is 0.313 e. The van der Waals surface area contributed by atoms with E-state index >= 15 is 0 Å². The molecule has 0 atom stereocenters. The molecule has 0 saturated heterocycles. The Hall–Kier alpha value is -2.04. The first-order valence-electron chi connectivity index (χ1n) is 6.69. The van der Waals surface area contributed by atoms with Gasteiger partial charge in [0.15, 0.2) is 17.3 Å². The molecule has 0 N–H and O–H groups in total. The van der Waals surface area contributed by atoms with E-state index in [0.29, 0.717) is 18.1 Å². The molecular weight excluding hydrogens is 260 g/mol. The summed E-state index contributed by atoms with van der Waals surface area (Å²) in [5.74, 6) is 0.238.